The van der Waals surface area contributed by atoms with Gasteiger partial charge in [0.15, 0.2) is 6.10 Å². The normalized spacial score (nSPS) is 12.4. The van der Waals surface area contributed by atoms with Gasteiger partial charge in [0.2, 0.25) is 0 Å². The third kappa shape index (κ3) is 3.32. The maximum atomic E-state index is 13.2. The highest BCUT2D eigenvalue weighted by molar-refractivity contribution is 5.72. The van der Waals surface area contributed by atoms with Gasteiger partial charge in [0.25, 0.3) is 0 Å². The Morgan fingerprint density at radius 1 is 1.53 bits per heavy atom. The number of ether oxygens (including phenoxy) is 1. The number of hydrogen-bond acceptors (Lipinski definition) is 2. The van der Waals surface area contributed by atoms with Crippen LogP contribution >= 0.6 is 0 Å². The van der Waals surface area contributed by atoms with Crippen molar-refractivity contribution in [1.29, 1.82) is 0 Å². The highest BCUT2D eigenvalue weighted by Crippen LogP contribution is 2.11. The second-order valence-corrected chi connectivity index (χ2v) is 3.08. The number of aliphatic carboxylic acids is 1. The molecule has 1 N–H and O–H groups in total. The molecule has 1 aromatic carbocycles. The number of halogens is 1. The van der Waals surface area contributed by atoms with E-state index in [0.717, 1.165) is 0 Å². The Morgan fingerprint density at radius 2 is 2.20 bits per heavy atom. The minimum Gasteiger partial charge on any atom is -0.479 e. The summed E-state index contributed by atoms with van der Waals surface area (Å²) < 4.78 is 18.2. The van der Waals surface area contributed by atoms with Gasteiger partial charge in [-0.3, -0.25) is 0 Å². The molecule has 15 heavy (non-hydrogen) atoms. The van der Waals surface area contributed by atoms with Gasteiger partial charge in [-0.15, -0.1) is 0 Å². The summed E-state index contributed by atoms with van der Waals surface area (Å²) in [5, 5.41) is 8.81. The average Bonchev–Trinajstić information content (AvgIpc) is 2.20. The monoisotopic (exact) mass is 212 g/mol. The zero-order valence-electron chi connectivity index (χ0n) is 8.44. The van der Waals surface area contributed by atoms with Crippen LogP contribution in [0.15, 0.2) is 24.3 Å². The molecule has 0 aromatic heterocycles. The third-order valence-electron chi connectivity index (χ3n) is 2.01. The van der Waals surface area contributed by atoms with Gasteiger partial charge in [-0.25, -0.2) is 9.18 Å². The van der Waals surface area contributed by atoms with E-state index < -0.39 is 17.9 Å². The van der Waals surface area contributed by atoms with Crippen LogP contribution in [-0.4, -0.2) is 23.8 Å². The Bertz CT molecular complexity index is 338. The zero-order valence-corrected chi connectivity index (χ0v) is 8.44. The van der Waals surface area contributed by atoms with Crippen molar-refractivity contribution >= 4 is 5.97 Å². The standard InChI is InChI=1S/C11H13FO3/c1-2-15-10(11(13)14)7-8-5-3-4-6-9(8)12/h3-6,10H,2,7H2,1H3,(H,13,14)/t10-/m1/s1. The Balaban J connectivity index is 2.74. The van der Waals surface area contributed by atoms with Gasteiger partial charge in [-0.1, -0.05) is 18.2 Å². The number of carbonyl (C=O) groups is 1. The van der Waals surface area contributed by atoms with Gasteiger partial charge < -0.3 is 9.84 Å². The first-order valence-electron chi connectivity index (χ1n) is 4.73. The van der Waals surface area contributed by atoms with Gasteiger partial charge in [0.05, 0.1) is 0 Å². The van der Waals surface area contributed by atoms with E-state index in [-0.39, 0.29) is 6.42 Å². The van der Waals surface area contributed by atoms with Crippen molar-refractivity contribution in [2.24, 2.45) is 0 Å². The van der Waals surface area contributed by atoms with E-state index in [2.05, 4.69) is 0 Å². The molecule has 0 saturated heterocycles. The van der Waals surface area contributed by atoms with E-state index in [1.807, 2.05) is 0 Å². The topological polar surface area (TPSA) is 46.5 Å². The summed E-state index contributed by atoms with van der Waals surface area (Å²) in [7, 11) is 0. The molecule has 0 fully saturated rings. The highest BCUT2D eigenvalue weighted by atomic mass is 19.1. The molecule has 0 aliphatic carbocycles. The van der Waals surface area contributed by atoms with Crippen LogP contribution in [0.5, 0.6) is 0 Å². The second-order valence-electron chi connectivity index (χ2n) is 3.08. The molecule has 0 saturated carbocycles. The fraction of sp³-hybridized carbons (Fsp3) is 0.364. The van der Waals surface area contributed by atoms with E-state index in [0.29, 0.717) is 12.2 Å². The van der Waals surface area contributed by atoms with Crippen molar-refractivity contribution < 1.29 is 19.0 Å². The van der Waals surface area contributed by atoms with E-state index in [9.17, 15) is 9.18 Å². The van der Waals surface area contributed by atoms with Crippen molar-refractivity contribution in [2.45, 2.75) is 19.4 Å². The van der Waals surface area contributed by atoms with Crippen molar-refractivity contribution in [3.63, 3.8) is 0 Å². The summed E-state index contributed by atoms with van der Waals surface area (Å²) in [6.45, 7) is 2.00. The molecule has 0 bridgehead atoms. The molecule has 0 unspecified atom stereocenters. The second kappa shape index (κ2) is 5.46. The molecule has 3 nitrogen and oxygen atoms in total. The van der Waals surface area contributed by atoms with Crippen molar-refractivity contribution in [3.8, 4) is 0 Å². The van der Waals surface area contributed by atoms with Gasteiger partial charge in [-0.2, -0.15) is 0 Å². The minimum atomic E-state index is -1.07. The lowest BCUT2D eigenvalue weighted by molar-refractivity contribution is -0.149. The summed E-state index contributed by atoms with van der Waals surface area (Å²) in [5.74, 6) is -1.47. The molecule has 0 aliphatic heterocycles. The van der Waals surface area contributed by atoms with Crippen molar-refractivity contribution in [3.05, 3.63) is 35.6 Å². The Morgan fingerprint density at radius 3 is 2.73 bits per heavy atom. The molecule has 0 heterocycles. The van der Waals surface area contributed by atoms with E-state index in [1.54, 1.807) is 25.1 Å². The molecule has 0 amide bonds. The van der Waals surface area contributed by atoms with Crippen LogP contribution in [0.25, 0.3) is 0 Å². The van der Waals surface area contributed by atoms with E-state index >= 15 is 0 Å². The smallest absolute Gasteiger partial charge is 0.333 e. The number of carboxylic acid groups (broad SMARTS) is 1. The molecule has 1 atom stereocenters. The molecular weight excluding hydrogens is 199 g/mol. The lowest BCUT2D eigenvalue weighted by Crippen LogP contribution is -2.26. The van der Waals surface area contributed by atoms with Crippen LogP contribution in [0.2, 0.25) is 0 Å². The molecular formula is C11H13FO3. The fourth-order valence-corrected chi connectivity index (χ4v) is 1.28. The molecule has 82 valence electrons. The van der Waals surface area contributed by atoms with Gasteiger partial charge >= 0.3 is 5.97 Å². The Kier molecular flexibility index (Phi) is 4.24. The highest BCUT2D eigenvalue weighted by Gasteiger charge is 2.19. The molecule has 0 radical (unpaired) electrons. The van der Waals surface area contributed by atoms with Crippen LogP contribution in [0.3, 0.4) is 0 Å². The minimum absolute atomic E-state index is 0.0514. The number of carboxylic acids is 1. The molecule has 4 heteroatoms. The van der Waals surface area contributed by atoms with Crippen molar-refractivity contribution in [2.75, 3.05) is 6.61 Å². The summed E-state index contributed by atoms with van der Waals surface area (Å²) in [5.41, 5.74) is 0.360. The van der Waals surface area contributed by atoms with E-state index in [4.69, 9.17) is 9.84 Å². The molecule has 1 rings (SSSR count). The maximum absolute atomic E-state index is 13.2. The largest absolute Gasteiger partial charge is 0.479 e. The van der Waals surface area contributed by atoms with Gasteiger partial charge in [0.1, 0.15) is 5.82 Å². The first kappa shape index (κ1) is 11.7. The molecule has 1 aromatic rings. The van der Waals surface area contributed by atoms with E-state index in [1.165, 1.54) is 6.07 Å². The quantitative estimate of drug-likeness (QED) is 0.810. The average molecular weight is 212 g/mol. The Hall–Kier alpha value is -1.42. The van der Waals surface area contributed by atoms with Crippen LogP contribution in [0.1, 0.15) is 12.5 Å². The predicted molar refractivity (Wildman–Crippen MR) is 53.2 cm³/mol. The predicted octanol–water partition coefficient (Wildman–Crippen LogP) is 1.86. The van der Waals surface area contributed by atoms with Crippen LogP contribution in [0, 0.1) is 5.82 Å². The summed E-state index contributed by atoms with van der Waals surface area (Å²) in [6.07, 6.45) is -0.928. The summed E-state index contributed by atoms with van der Waals surface area (Å²) in [6, 6.07) is 6.10. The lowest BCUT2D eigenvalue weighted by atomic mass is 10.1. The zero-order chi connectivity index (χ0) is 11.3. The van der Waals surface area contributed by atoms with Crippen molar-refractivity contribution in [1.82, 2.24) is 0 Å². The molecule has 0 aliphatic rings. The van der Waals surface area contributed by atoms with Crippen LogP contribution in [0.4, 0.5) is 4.39 Å². The molecule has 0 spiro atoms. The lowest BCUT2D eigenvalue weighted by Gasteiger charge is -2.12. The Labute approximate surface area is 87.5 Å². The van der Waals surface area contributed by atoms with Crippen LogP contribution < -0.4 is 0 Å². The summed E-state index contributed by atoms with van der Waals surface area (Å²) in [4.78, 5) is 10.8. The number of rotatable bonds is 5. The first-order chi connectivity index (χ1) is 7.15. The first-order valence-corrected chi connectivity index (χ1v) is 4.73. The maximum Gasteiger partial charge on any atom is 0.333 e. The SMILES string of the molecule is CCO[C@H](Cc1ccccc1F)C(=O)O. The number of benzene rings is 1. The van der Waals surface area contributed by atoms with Gasteiger partial charge in [-0.05, 0) is 18.6 Å². The fourth-order valence-electron chi connectivity index (χ4n) is 1.28. The van der Waals surface area contributed by atoms with Gasteiger partial charge in [0, 0.05) is 13.0 Å². The summed E-state index contributed by atoms with van der Waals surface area (Å²) >= 11 is 0. The number of hydrogen-bond donors (Lipinski definition) is 1. The third-order valence-corrected chi connectivity index (χ3v) is 2.01. The van der Waals surface area contributed by atoms with Crippen LogP contribution in [-0.2, 0) is 16.0 Å².